The number of hydrogen-bond acceptors (Lipinski definition) is 3. The highest BCUT2D eigenvalue weighted by Gasteiger charge is 2.06. The zero-order chi connectivity index (χ0) is 13.0. The molecule has 2 rings (SSSR count). The van der Waals surface area contributed by atoms with Crippen LogP contribution in [0.3, 0.4) is 0 Å². The summed E-state index contributed by atoms with van der Waals surface area (Å²) in [6, 6.07) is 8.53. The van der Waals surface area contributed by atoms with Gasteiger partial charge in [-0.15, -0.1) is 0 Å². The highest BCUT2D eigenvalue weighted by Crippen LogP contribution is 2.11. The van der Waals surface area contributed by atoms with Crippen molar-refractivity contribution in [1.82, 2.24) is 4.98 Å². The van der Waals surface area contributed by atoms with Gasteiger partial charge in [-0.25, -0.2) is 13.8 Å². The van der Waals surface area contributed by atoms with Gasteiger partial charge in [0.25, 0.3) is 0 Å². The van der Waals surface area contributed by atoms with E-state index >= 15 is 0 Å². The average Bonchev–Trinajstić information content (AvgIpc) is 2.40. The van der Waals surface area contributed by atoms with E-state index in [0.717, 1.165) is 18.2 Å². The average molecular weight is 247 g/mol. The first-order valence-electron chi connectivity index (χ1n) is 5.33. The van der Waals surface area contributed by atoms with Gasteiger partial charge in [-0.2, -0.15) is 5.10 Å². The number of anilines is 1. The van der Waals surface area contributed by atoms with Crippen molar-refractivity contribution in [1.29, 1.82) is 0 Å². The zero-order valence-electron chi connectivity index (χ0n) is 9.69. The quantitative estimate of drug-likeness (QED) is 0.668. The van der Waals surface area contributed by atoms with Crippen molar-refractivity contribution in [2.24, 2.45) is 5.10 Å². The van der Waals surface area contributed by atoms with Gasteiger partial charge in [0.05, 0.1) is 5.71 Å². The number of halogens is 2. The van der Waals surface area contributed by atoms with Crippen LogP contribution in [0.4, 0.5) is 14.6 Å². The summed E-state index contributed by atoms with van der Waals surface area (Å²) < 4.78 is 26.5. The second-order valence-electron chi connectivity index (χ2n) is 3.65. The number of aromatic nitrogens is 1. The standard InChI is InChI=1S/C13H11F2N3/c1-9(11-8-10(14)5-6-12(11)15)17-18-13-4-2-3-7-16-13/h2-8H,1H3,(H,16,18)/b17-9-. The van der Waals surface area contributed by atoms with E-state index in [-0.39, 0.29) is 5.56 Å². The lowest BCUT2D eigenvalue weighted by Crippen LogP contribution is -2.03. The normalized spacial score (nSPS) is 11.4. The van der Waals surface area contributed by atoms with Gasteiger partial charge in [-0.1, -0.05) is 6.07 Å². The van der Waals surface area contributed by atoms with Gasteiger partial charge >= 0.3 is 0 Å². The van der Waals surface area contributed by atoms with Crippen LogP contribution >= 0.6 is 0 Å². The number of rotatable bonds is 3. The summed E-state index contributed by atoms with van der Waals surface area (Å²) in [5.41, 5.74) is 3.15. The Balaban J connectivity index is 2.20. The molecule has 0 aliphatic heterocycles. The van der Waals surface area contributed by atoms with Crippen molar-refractivity contribution in [3.05, 3.63) is 59.8 Å². The molecule has 92 valence electrons. The van der Waals surface area contributed by atoms with Crippen molar-refractivity contribution in [2.45, 2.75) is 6.92 Å². The monoisotopic (exact) mass is 247 g/mol. The summed E-state index contributed by atoms with van der Waals surface area (Å²) >= 11 is 0. The molecule has 3 nitrogen and oxygen atoms in total. The summed E-state index contributed by atoms with van der Waals surface area (Å²) in [6.07, 6.45) is 1.61. The number of hydrazone groups is 1. The fourth-order valence-electron chi connectivity index (χ4n) is 1.41. The summed E-state index contributed by atoms with van der Waals surface area (Å²) in [5, 5.41) is 3.96. The van der Waals surface area contributed by atoms with Crippen LogP contribution < -0.4 is 5.43 Å². The molecule has 0 unspecified atom stereocenters. The van der Waals surface area contributed by atoms with Crippen molar-refractivity contribution in [2.75, 3.05) is 5.43 Å². The number of pyridine rings is 1. The van der Waals surface area contributed by atoms with Crippen molar-refractivity contribution in [3.63, 3.8) is 0 Å². The van der Waals surface area contributed by atoms with E-state index in [2.05, 4.69) is 15.5 Å². The minimum atomic E-state index is -0.513. The van der Waals surface area contributed by atoms with Crippen LogP contribution in [0.2, 0.25) is 0 Å². The Morgan fingerprint density at radius 2 is 2.06 bits per heavy atom. The number of benzene rings is 1. The molecule has 1 N–H and O–H groups in total. The second-order valence-corrected chi connectivity index (χ2v) is 3.65. The lowest BCUT2D eigenvalue weighted by atomic mass is 10.1. The smallest absolute Gasteiger partial charge is 0.146 e. The van der Waals surface area contributed by atoms with Crippen LogP contribution in [0.25, 0.3) is 0 Å². The molecule has 18 heavy (non-hydrogen) atoms. The fourth-order valence-corrected chi connectivity index (χ4v) is 1.41. The van der Waals surface area contributed by atoms with E-state index in [4.69, 9.17) is 0 Å². The van der Waals surface area contributed by atoms with Gasteiger partial charge in [0.15, 0.2) is 0 Å². The molecule has 0 aliphatic carbocycles. The predicted molar refractivity (Wildman–Crippen MR) is 66.4 cm³/mol. The van der Waals surface area contributed by atoms with E-state index in [9.17, 15) is 8.78 Å². The Kier molecular flexibility index (Phi) is 3.62. The Morgan fingerprint density at radius 1 is 1.22 bits per heavy atom. The first-order chi connectivity index (χ1) is 8.66. The molecule has 0 spiro atoms. The second kappa shape index (κ2) is 5.35. The highest BCUT2D eigenvalue weighted by molar-refractivity contribution is 5.99. The van der Waals surface area contributed by atoms with Gasteiger partial charge in [-0.3, -0.25) is 5.43 Å². The molecular weight excluding hydrogens is 236 g/mol. The molecule has 1 aromatic heterocycles. The molecule has 0 amide bonds. The molecule has 1 heterocycles. The fraction of sp³-hybridized carbons (Fsp3) is 0.0769. The highest BCUT2D eigenvalue weighted by atomic mass is 19.1. The van der Waals surface area contributed by atoms with E-state index in [0.29, 0.717) is 11.5 Å². The maximum Gasteiger partial charge on any atom is 0.146 e. The van der Waals surface area contributed by atoms with E-state index in [1.54, 1.807) is 31.3 Å². The summed E-state index contributed by atoms with van der Waals surface area (Å²) in [4.78, 5) is 4.00. The molecule has 1 aromatic carbocycles. The number of hydrogen-bond donors (Lipinski definition) is 1. The van der Waals surface area contributed by atoms with Crippen LogP contribution in [0, 0.1) is 11.6 Å². The molecule has 2 aromatic rings. The van der Waals surface area contributed by atoms with Crippen molar-refractivity contribution >= 4 is 11.5 Å². The predicted octanol–water partition coefficient (Wildman–Crippen LogP) is 3.20. The Labute approximate surface area is 103 Å². The van der Waals surface area contributed by atoms with Crippen molar-refractivity contribution in [3.8, 4) is 0 Å². The first kappa shape index (κ1) is 12.2. The molecule has 5 heteroatoms. The summed E-state index contributed by atoms with van der Waals surface area (Å²) in [6.45, 7) is 1.59. The van der Waals surface area contributed by atoms with Crippen LogP contribution in [0.15, 0.2) is 47.7 Å². The Morgan fingerprint density at radius 3 is 2.78 bits per heavy atom. The van der Waals surface area contributed by atoms with E-state index < -0.39 is 11.6 Å². The van der Waals surface area contributed by atoms with Crippen LogP contribution in [-0.2, 0) is 0 Å². The molecule has 0 saturated heterocycles. The lowest BCUT2D eigenvalue weighted by molar-refractivity contribution is 0.598. The molecule has 0 aliphatic rings. The zero-order valence-corrected chi connectivity index (χ0v) is 9.69. The van der Waals surface area contributed by atoms with Gasteiger partial charge in [0, 0.05) is 11.8 Å². The Bertz CT molecular complexity index is 568. The van der Waals surface area contributed by atoms with Crippen LogP contribution in [0.5, 0.6) is 0 Å². The summed E-state index contributed by atoms with van der Waals surface area (Å²) in [5.74, 6) is -0.479. The molecule has 0 fully saturated rings. The molecular formula is C13H11F2N3. The van der Waals surface area contributed by atoms with E-state index in [1.165, 1.54) is 0 Å². The molecule has 0 saturated carbocycles. The molecule has 0 bridgehead atoms. The first-order valence-corrected chi connectivity index (χ1v) is 5.33. The maximum atomic E-state index is 13.5. The largest absolute Gasteiger partial charge is 0.261 e. The van der Waals surface area contributed by atoms with Crippen LogP contribution in [-0.4, -0.2) is 10.7 Å². The SMILES string of the molecule is C/C(=N/Nc1ccccn1)c1cc(F)ccc1F. The third kappa shape index (κ3) is 2.88. The minimum absolute atomic E-state index is 0.124. The lowest BCUT2D eigenvalue weighted by Gasteiger charge is -2.04. The third-order valence-electron chi connectivity index (χ3n) is 2.32. The Hall–Kier alpha value is -2.30. The topological polar surface area (TPSA) is 37.3 Å². The van der Waals surface area contributed by atoms with Gasteiger partial charge in [0.2, 0.25) is 0 Å². The van der Waals surface area contributed by atoms with Gasteiger partial charge in [-0.05, 0) is 37.3 Å². The number of nitrogens with zero attached hydrogens (tertiary/aromatic N) is 2. The van der Waals surface area contributed by atoms with E-state index in [1.807, 2.05) is 0 Å². The summed E-state index contributed by atoms with van der Waals surface area (Å²) in [7, 11) is 0. The minimum Gasteiger partial charge on any atom is -0.261 e. The number of nitrogens with one attached hydrogen (secondary N) is 1. The molecule has 0 atom stereocenters. The third-order valence-corrected chi connectivity index (χ3v) is 2.32. The van der Waals surface area contributed by atoms with Gasteiger partial charge < -0.3 is 0 Å². The van der Waals surface area contributed by atoms with Gasteiger partial charge in [0.1, 0.15) is 17.5 Å². The van der Waals surface area contributed by atoms with Crippen LogP contribution in [0.1, 0.15) is 12.5 Å². The maximum absolute atomic E-state index is 13.5. The van der Waals surface area contributed by atoms with Crippen molar-refractivity contribution < 1.29 is 8.78 Å². The molecule has 0 radical (unpaired) electrons.